The highest BCUT2D eigenvalue weighted by atomic mass is 35.5. The van der Waals surface area contributed by atoms with Crippen LogP contribution in [0.25, 0.3) is 0 Å². The third-order valence-corrected chi connectivity index (χ3v) is 7.60. The Labute approximate surface area is 111 Å². The second-order valence-electron chi connectivity index (χ2n) is 5.00. The molecule has 0 heterocycles. The molecule has 0 aliphatic carbocycles. The number of hydrogen-bond acceptors (Lipinski definition) is 1. The summed E-state index contributed by atoms with van der Waals surface area (Å²) in [6.45, 7) is 12.2. The highest BCUT2D eigenvalue weighted by molar-refractivity contribution is 6.74. The Morgan fingerprint density at radius 3 is 2.00 bits per heavy atom. The second-order valence-corrected chi connectivity index (χ2v) is 10.2. The molecule has 0 rings (SSSR count). The molecule has 0 saturated carbocycles. The Kier molecular flexibility index (Phi) is 9.44. The van der Waals surface area contributed by atoms with Gasteiger partial charge in [-0.3, -0.25) is 0 Å². The first-order valence-corrected chi connectivity index (χ1v) is 8.45. The molecule has 0 unspecified atom stereocenters. The zero-order chi connectivity index (χ0) is 10.5. The van der Waals surface area contributed by atoms with Crippen LogP contribution >= 0.6 is 11.6 Å². The lowest BCUT2D eigenvalue weighted by Crippen LogP contribution is -2.40. The summed E-state index contributed by atoms with van der Waals surface area (Å²) in [6.07, 6.45) is 2.16. The number of rotatable bonds is 5. The van der Waals surface area contributed by atoms with E-state index in [0.29, 0.717) is 5.04 Å². The van der Waals surface area contributed by atoms with E-state index in [2.05, 4.69) is 33.9 Å². The maximum absolute atomic E-state index is 5.98. The van der Waals surface area contributed by atoms with E-state index in [9.17, 15) is 0 Å². The lowest BCUT2D eigenvalue weighted by molar-refractivity contribution is 0.281. The predicted octanol–water partition coefficient (Wildman–Crippen LogP) is 3.11. The van der Waals surface area contributed by atoms with Gasteiger partial charge < -0.3 is 4.43 Å². The van der Waals surface area contributed by atoms with Gasteiger partial charge in [0.2, 0.25) is 0 Å². The van der Waals surface area contributed by atoms with Crippen LogP contribution in [-0.4, -0.2) is 43.9 Å². The topological polar surface area (TPSA) is 9.23 Å². The van der Waals surface area contributed by atoms with Crippen LogP contribution in [0.1, 0.15) is 33.6 Å². The van der Waals surface area contributed by atoms with Gasteiger partial charge in [0.25, 0.3) is 0 Å². The van der Waals surface area contributed by atoms with Gasteiger partial charge in [-0.1, -0.05) is 20.8 Å². The van der Waals surface area contributed by atoms with Crippen LogP contribution in [0, 0.1) is 0 Å². The van der Waals surface area contributed by atoms with E-state index < -0.39 is 8.32 Å². The van der Waals surface area contributed by atoms with E-state index in [0.717, 1.165) is 25.3 Å². The fourth-order valence-corrected chi connectivity index (χ4v) is 2.02. The fourth-order valence-electron chi connectivity index (χ4n) is 0.740. The lowest BCUT2D eigenvalue weighted by Gasteiger charge is -2.36. The normalized spacial score (nSPS) is 12.4. The largest absolute Gasteiger partial charge is 0.417 e. The minimum atomic E-state index is -1.50. The van der Waals surface area contributed by atoms with Crippen molar-refractivity contribution < 1.29 is 4.43 Å². The summed E-state index contributed by atoms with van der Waals surface area (Å²) in [5.41, 5.74) is 0. The first-order valence-electron chi connectivity index (χ1n) is 5.01. The quantitative estimate of drug-likeness (QED) is 0.413. The highest BCUT2D eigenvalue weighted by Crippen LogP contribution is 2.36. The highest BCUT2D eigenvalue weighted by Gasteiger charge is 2.36. The van der Waals surface area contributed by atoms with Crippen molar-refractivity contribution in [1.29, 1.82) is 0 Å². The Hall–Kier alpha value is 1.23. The third-order valence-electron chi connectivity index (χ3n) is 2.80. The molecule has 0 aliphatic heterocycles. The van der Waals surface area contributed by atoms with E-state index >= 15 is 0 Å². The zero-order valence-electron chi connectivity index (χ0n) is 9.61. The first kappa shape index (κ1) is 17.6. The predicted molar refractivity (Wildman–Crippen MR) is 71.6 cm³/mol. The summed E-state index contributed by atoms with van der Waals surface area (Å²) in [5, 5.41) is 0.327. The van der Waals surface area contributed by atoms with Crippen molar-refractivity contribution in [2.75, 3.05) is 12.5 Å². The molecular formula is C10H25ClMgOSi. The van der Waals surface area contributed by atoms with E-state index in [-0.39, 0.29) is 23.1 Å². The lowest BCUT2D eigenvalue weighted by atomic mass is 10.2. The Balaban J connectivity index is 0. The SMILES string of the molecule is CC(C)(C)[Si](C)(C)OCCCCCl.[MgH2]. The average molecular weight is 249 g/mol. The molecule has 0 bridgehead atoms. The van der Waals surface area contributed by atoms with Gasteiger partial charge in [-0.2, -0.15) is 0 Å². The molecule has 0 saturated heterocycles. The van der Waals surface area contributed by atoms with Crippen LogP contribution in [0.2, 0.25) is 18.1 Å². The molecule has 0 aromatic heterocycles. The molecule has 0 aromatic rings. The van der Waals surface area contributed by atoms with Gasteiger partial charge in [0.1, 0.15) is 0 Å². The summed E-state index contributed by atoms with van der Waals surface area (Å²) in [4.78, 5) is 0. The van der Waals surface area contributed by atoms with Crippen LogP contribution in [0.5, 0.6) is 0 Å². The molecule has 14 heavy (non-hydrogen) atoms. The Bertz CT molecular complexity index is 146. The second kappa shape index (κ2) is 7.50. The molecule has 0 aliphatic rings. The fraction of sp³-hybridized carbons (Fsp3) is 1.00. The minimum absolute atomic E-state index is 0. The van der Waals surface area contributed by atoms with Gasteiger partial charge in [0.05, 0.1) is 0 Å². The summed E-state index contributed by atoms with van der Waals surface area (Å²) < 4.78 is 5.98. The van der Waals surface area contributed by atoms with Crippen molar-refractivity contribution in [1.82, 2.24) is 0 Å². The van der Waals surface area contributed by atoms with Gasteiger partial charge in [-0.05, 0) is 31.0 Å². The smallest absolute Gasteiger partial charge is 0.316 e. The maximum Gasteiger partial charge on any atom is 0.316 e. The third kappa shape index (κ3) is 6.67. The molecule has 0 fully saturated rings. The van der Waals surface area contributed by atoms with E-state index in [1.165, 1.54) is 0 Å². The molecule has 0 amide bonds. The molecule has 0 radical (unpaired) electrons. The van der Waals surface area contributed by atoms with Gasteiger partial charge in [-0.15, -0.1) is 11.6 Å². The molecule has 0 atom stereocenters. The molecule has 0 spiro atoms. The Morgan fingerprint density at radius 2 is 1.64 bits per heavy atom. The molecule has 1 nitrogen and oxygen atoms in total. The molecule has 4 heteroatoms. The summed E-state index contributed by atoms with van der Waals surface area (Å²) in [6, 6.07) is 0. The monoisotopic (exact) mass is 248 g/mol. The average Bonchev–Trinajstić information content (AvgIpc) is 1.96. The van der Waals surface area contributed by atoms with Gasteiger partial charge in [-0.25, -0.2) is 0 Å². The van der Waals surface area contributed by atoms with Crippen molar-refractivity contribution in [3.63, 3.8) is 0 Å². The van der Waals surface area contributed by atoms with Gasteiger partial charge in [0.15, 0.2) is 8.32 Å². The molecule has 84 valence electrons. The number of halogens is 1. The van der Waals surface area contributed by atoms with Gasteiger partial charge in [0, 0.05) is 12.5 Å². The standard InChI is InChI=1S/C10H23ClOSi.Mg.2H/c1-10(2,3)13(4,5)12-9-7-6-8-11;;;/h6-9H2,1-5H3;;;. The molecule has 0 aromatic carbocycles. The van der Waals surface area contributed by atoms with Crippen LogP contribution in [0.15, 0.2) is 0 Å². The number of unbranched alkanes of at least 4 members (excludes halogenated alkanes) is 1. The van der Waals surface area contributed by atoms with Crippen molar-refractivity contribution in [3.8, 4) is 0 Å². The molecule has 0 N–H and O–H groups in total. The van der Waals surface area contributed by atoms with Gasteiger partial charge >= 0.3 is 23.1 Å². The molecular weight excluding hydrogens is 224 g/mol. The first-order chi connectivity index (χ1) is 5.81. The van der Waals surface area contributed by atoms with Crippen LogP contribution < -0.4 is 0 Å². The van der Waals surface area contributed by atoms with Crippen molar-refractivity contribution in [2.45, 2.75) is 51.7 Å². The summed E-state index contributed by atoms with van der Waals surface area (Å²) >= 11 is 5.60. The van der Waals surface area contributed by atoms with E-state index in [4.69, 9.17) is 16.0 Å². The van der Waals surface area contributed by atoms with Crippen molar-refractivity contribution in [2.24, 2.45) is 0 Å². The Morgan fingerprint density at radius 1 is 1.14 bits per heavy atom. The van der Waals surface area contributed by atoms with Crippen LogP contribution in [0.4, 0.5) is 0 Å². The van der Waals surface area contributed by atoms with E-state index in [1.807, 2.05) is 0 Å². The van der Waals surface area contributed by atoms with E-state index in [1.54, 1.807) is 0 Å². The van der Waals surface area contributed by atoms with Crippen molar-refractivity contribution in [3.05, 3.63) is 0 Å². The number of alkyl halides is 1. The zero-order valence-corrected chi connectivity index (χ0v) is 11.4. The van der Waals surface area contributed by atoms with Crippen LogP contribution in [0.3, 0.4) is 0 Å². The van der Waals surface area contributed by atoms with Crippen LogP contribution in [-0.2, 0) is 4.43 Å². The minimum Gasteiger partial charge on any atom is -0.417 e. The van der Waals surface area contributed by atoms with Crippen molar-refractivity contribution >= 4 is 43.0 Å². The maximum atomic E-state index is 5.98. The number of hydrogen-bond donors (Lipinski definition) is 0. The summed E-state index contributed by atoms with van der Waals surface area (Å²) in [7, 11) is -1.50. The summed E-state index contributed by atoms with van der Waals surface area (Å²) in [5.74, 6) is 0.751.